The van der Waals surface area contributed by atoms with Gasteiger partial charge in [0.1, 0.15) is 10.9 Å². The van der Waals surface area contributed by atoms with Crippen LogP contribution in [0.15, 0.2) is 36.4 Å². The molecule has 2 nitrogen and oxygen atoms in total. The molecule has 0 aliphatic heterocycles. The van der Waals surface area contributed by atoms with Crippen molar-refractivity contribution < 1.29 is 17.9 Å². The van der Waals surface area contributed by atoms with Crippen LogP contribution in [0, 0.1) is 0 Å². The highest BCUT2D eigenvalue weighted by Crippen LogP contribution is 2.33. The number of hydrogen-bond acceptors (Lipinski definition) is 2. The van der Waals surface area contributed by atoms with Gasteiger partial charge in [-0.3, -0.25) is 0 Å². The van der Waals surface area contributed by atoms with Gasteiger partial charge in [0.2, 0.25) is 0 Å². The van der Waals surface area contributed by atoms with Crippen LogP contribution in [-0.2, 0) is 6.18 Å². The first-order valence-electron chi connectivity index (χ1n) is 6.27. The molecule has 0 spiro atoms. The van der Waals surface area contributed by atoms with Crippen LogP contribution in [0.5, 0.6) is 5.75 Å². The van der Waals surface area contributed by atoms with E-state index in [4.69, 9.17) is 16.3 Å². The molecule has 0 radical (unpaired) electrons. The molecular formula is C15H13ClF3NO. The van der Waals surface area contributed by atoms with Crippen molar-refractivity contribution in [2.45, 2.75) is 26.1 Å². The average Bonchev–Trinajstić information content (AvgIpc) is 2.37. The highest BCUT2D eigenvalue weighted by molar-refractivity contribution is 6.29. The number of rotatable bonds is 3. The summed E-state index contributed by atoms with van der Waals surface area (Å²) in [6.07, 6.45) is -4.43. The summed E-state index contributed by atoms with van der Waals surface area (Å²) in [5.74, 6) is 0.645. The molecule has 0 saturated heterocycles. The molecule has 112 valence electrons. The van der Waals surface area contributed by atoms with E-state index < -0.39 is 11.7 Å². The van der Waals surface area contributed by atoms with Crippen molar-refractivity contribution in [3.05, 3.63) is 47.1 Å². The highest BCUT2D eigenvalue weighted by atomic mass is 35.5. The van der Waals surface area contributed by atoms with E-state index in [-0.39, 0.29) is 17.0 Å². The Balaban J connectivity index is 2.35. The van der Waals surface area contributed by atoms with E-state index in [1.165, 1.54) is 0 Å². The minimum Gasteiger partial charge on any atom is -0.491 e. The lowest BCUT2D eigenvalue weighted by Crippen LogP contribution is -2.06. The maximum Gasteiger partial charge on any atom is 0.416 e. The molecule has 2 rings (SSSR count). The molecule has 0 bridgehead atoms. The molecule has 0 aliphatic rings. The second-order valence-corrected chi connectivity index (χ2v) is 5.14. The molecule has 6 heteroatoms. The zero-order valence-electron chi connectivity index (χ0n) is 11.4. The van der Waals surface area contributed by atoms with Crippen molar-refractivity contribution in [1.82, 2.24) is 4.98 Å². The molecule has 0 amide bonds. The molecule has 0 unspecified atom stereocenters. The van der Waals surface area contributed by atoms with Crippen molar-refractivity contribution in [3.8, 4) is 17.0 Å². The van der Waals surface area contributed by atoms with Gasteiger partial charge >= 0.3 is 6.18 Å². The van der Waals surface area contributed by atoms with Crippen LogP contribution < -0.4 is 4.74 Å². The van der Waals surface area contributed by atoms with E-state index in [2.05, 4.69) is 4.98 Å². The predicted molar refractivity (Wildman–Crippen MR) is 75.4 cm³/mol. The third-order valence-corrected chi connectivity index (χ3v) is 2.84. The topological polar surface area (TPSA) is 22.1 Å². The fourth-order valence-corrected chi connectivity index (χ4v) is 1.99. The van der Waals surface area contributed by atoms with Gasteiger partial charge in [-0.2, -0.15) is 13.2 Å². The van der Waals surface area contributed by atoms with Gasteiger partial charge in [0.05, 0.1) is 17.4 Å². The van der Waals surface area contributed by atoms with Crippen LogP contribution in [0.2, 0.25) is 5.15 Å². The Labute approximate surface area is 125 Å². The Hall–Kier alpha value is -1.75. The number of halogens is 4. The van der Waals surface area contributed by atoms with E-state index in [1.807, 2.05) is 13.8 Å². The molecular weight excluding hydrogens is 303 g/mol. The summed E-state index contributed by atoms with van der Waals surface area (Å²) in [6, 6.07) is 8.45. The lowest BCUT2D eigenvalue weighted by Gasteiger charge is -2.11. The van der Waals surface area contributed by atoms with E-state index in [1.54, 1.807) is 24.3 Å². The number of benzene rings is 1. The van der Waals surface area contributed by atoms with E-state index in [0.717, 1.165) is 12.1 Å². The molecule has 21 heavy (non-hydrogen) atoms. The van der Waals surface area contributed by atoms with E-state index >= 15 is 0 Å². The maximum atomic E-state index is 12.8. The zero-order valence-corrected chi connectivity index (χ0v) is 12.2. The second kappa shape index (κ2) is 5.93. The van der Waals surface area contributed by atoms with Gasteiger partial charge in [0.15, 0.2) is 0 Å². The molecule has 2 aromatic rings. The van der Waals surface area contributed by atoms with Crippen LogP contribution in [0.1, 0.15) is 19.4 Å². The van der Waals surface area contributed by atoms with Crippen LogP contribution in [0.3, 0.4) is 0 Å². The largest absolute Gasteiger partial charge is 0.491 e. The molecule has 1 aromatic carbocycles. The molecule has 0 atom stereocenters. The fraction of sp³-hybridized carbons (Fsp3) is 0.267. The van der Waals surface area contributed by atoms with Gasteiger partial charge in [-0.05, 0) is 50.2 Å². The quantitative estimate of drug-likeness (QED) is 0.725. The number of aromatic nitrogens is 1. The average molecular weight is 316 g/mol. The van der Waals surface area contributed by atoms with Crippen molar-refractivity contribution in [2.75, 3.05) is 0 Å². The van der Waals surface area contributed by atoms with Crippen molar-refractivity contribution in [3.63, 3.8) is 0 Å². The lowest BCUT2D eigenvalue weighted by molar-refractivity contribution is -0.137. The van der Waals surface area contributed by atoms with E-state index in [0.29, 0.717) is 11.3 Å². The molecule has 0 aliphatic carbocycles. The van der Waals surface area contributed by atoms with Crippen LogP contribution in [-0.4, -0.2) is 11.1 Å². The first-order valence-corrected chi connectivity index (χ1v) is 6.65. The number of alkyl halides is 3. The first-order chi connectivity index (χ1) is 9.75. The maximum absolute atomic E-state index is 12.8. The normalized spacial score (nSPS) is 11.8. The number of ether oxygens (including phenoxy) is 1. The Kier molecular flexibility index (Phi) is 4.42. The summed E-state index contributed by atoms with van der Waals surface area (Å²) < 4.78 is 43.8. The number of pyridine rings is 1. The standard InChI is InChI=1S/C15H13ClF3NO/c1-9(2)21-12-5-3-10(4-6-12)13-7-11(15(17,18)19)8-14(16)20-13/h3-9H,1-2H3. The van der Waals surface area contributed by atoms with Crippen molar-refractivity contribution in [1.29, 1.82) is 0 Å². The predicted octanol–water partition coefficient (Wildman–Crippen LogP) is 5.21. The zero-order chi connectivity index (χ0) is 15.6. The fourth-order valence-electron chi connectivity index (χ4n) is 1.78. The smallest absolute Gasteiger partial charge is 0.416 e. The van der Waals surface area contributed by atoms with Gasteiger partial charge in [0.25, 0.3) is 0 Å². The Bertz CT molecular complexity index is 624. The molecule has 0 fully saturated rings. The number of hydrogen-bond donors (Lipinski definition) is 0. The summed E-state index contributed by atoms with van der Waals surface area (Å²) in [5.41, 5.74) is -0.106. The summed E-state index contributed by atoms with van der Waals surface area (Å²) in [6.45, 7) is 3.78. The lowest BCUT2D eigenvalue weighted by atomic mass is 10.1. The molecule has 0 N–H and O–H groups in total. The summed E-state index contributed by atoms with van der Waals surface area (Å²) in [7, 11) is 0. The Morgan fingerprint density at radius 3 is 2.24 bits per heavy atom. The number of nitrogens with zero attached hydrogens (tertiary/aromatic N) is 1. The third-order valence-electron chi connectivity index (χ3n) is 2.64. The minimum atomic E-state index is -4.46. The van der Waals surface area contributed by atoms with E-state index in [9.17, 15) is 13.2 Å². The van der Waals surface area contributed by atoms with Crippen LogP contribution in [0.4, 0.5) is 13.2 Å². The highest BCUT2D eigenvalue weighted by Gasteiger charge is 2.31. The van der Waals surface area contributed by atoms with Crippen LogP contribution >= 0.6 is 11.6 Å². The summed E-state index contributed by atoms with van der Waals surface area (Å²) >= 11 is 5.67. The Morgan fingerprint density at radius 1 is 1.10 bits per heavy atom. The monoisotopic (exact) mass is 315 g/mol. The van der Waals surface area contributed by atoms with Gasteiger partial charge in [0, 0.05) is 5.56 Å². The molecule has 1 aromatic heterocycles. The van der Waals surface area contributed by atoms with Crippen molar-refractivity contribution >= 4 is 11.6 Å². The third kappa shape index (κ3) is 4.11. The van der Waals surface area contributed by atoms with Crippen molar-refractivity contribution in [2.24, 2.45) is 0 Å². The minimum absolute atomic E-state index is 0.0250. The summed E-state index contributed by atoms with van der Waals surface area (Å²) in [4.78, 5) is 3.93. The Morgan fingerprint density at radius 2 is 1.71 bits per heavy atom. The molecule has 1 heterocycles. The summed E-state index contributed by atoms with van der Waals surface area (Å²) in [5, 5.41) is -0.192. The SMILES string of the molecule is CC(C)Oc1ccc(-c2cc(C(F)(F)F)cc(Cl)n2)cc1. The van der Waals surface area contributed by atoms with Gasteiger partial charge < -0.3 is 4.74 Å². The van der Waals surface area contributed by atoms with Gasteiger partial charge in [-0.1, -0.05) is 11.6 Å². The van der Waals surface area contributed by atoms with Crippen LogP contribution in [0.25, 0.3) is 11.3 Å². The second-order valence-electron chi connectivity index (χ2n) is 4.75. The molecule has 0 saturated carbocycles. The van der Waals surface area contributed by atoms with Gasteiger partial charge in [-0.25, -0.2) is 4.98 Å². The van der Waals surface area contributed by atoms with Gasteiger partial charge in [-0.15, -0.1) is 0 Å². The first kappa shape index (κ1) is 15.6.